The summed E-state index contributed by atoms with van der Waals surface area (Å²) in [5.41, 5.74) is 4.38. The first-order chi connectivity index (χ1) is 9.65. The summed E-state index contributed by atoms with van der Waals surface area (Å²) in [7, 11) is 4.30. The molecule has 2 atom stereocenters. The summed E-state index contributed by atoms with van der Waals surface area (Å²) in [6.07, 6.45) is 1.19. The van der Waals surface area contributed by atoms with Gasteiger partial charge in [0.2, 0.25) is 0 Å². The fourth-order valence-corrected chi connectivity index (χ4v) is 3.49. The second-order valence-corrected chi connectivity index (χ2v) is 6.36. The molecule has 0 bridgehead atoms. The van der Waals surface area contributed by atoms with Gasteiger partial charge < -0.3 is 4.90 Å². The summed E-state index contributed by atoms with van der Waals surface area (Å²) in [5, 5.41) is 0.810. The van der Waals surface area contributed by atoms with Crippen molar-refractivity contribution < 1.29 is 0 Å². The molecule has 3 rings (SSSR count). The van der Waals surface area contributed by atoms with Gasteiger partial charge in [0.05, 0.1) is 0 Å². The predicted molar refractivity (Wildman–Crippen MR) is 85.6 cm³/mol. The van der Waals surface area contributed by atoms with Crippen LogP contribution < -0.4 is 0 Å². The Bertz CT molecular complexity index is 589. The molecule has 2 aromatic carbocycles. The van der Waals surface area contributed by atoms with Crippen LogP contribution in [0.4, 0.5) is 0 Å². The summed E-state index contributed by atoms with van der Waals surface area (Å²) in [5.74, 6) is 1.13. The van der Waals surface area contributed by atoms with Gasteiger partial charge in [-0.1, -0.05) is 48.0 Å². The summed E-state index contributed by atoms with van der Waals surface area (Å²) in [6.45, 7) is 1.11. The maximum absolute atomic E-state index is 6.01. The van der Waals surface area contributed by atoms with E-state index in [0.29, 0.717) is 11.8 Å². The maximum atomic E-state index is 6.01. The lowest BCUT2D eigenvalue weighted by molar-refractivity contribution is 0.368. The van der Waals surface area contributed by atoms with Crippen LogP contribution in [0, 0.1) is 0 Å². The first-order valence-electron chi connectivity index (χ1n) is 7.14. The molecule has 20 heavy (non-hydrogen) atoms. The number of rotatable bonds is 3. The van der Waals surface area contributed by atoms with Crippen molar-refractivity contribution >= 4 is 11.6 Å². The summed E-state index contributed by atoms with van der Waals surface area (Å²) in [6, 6.07) is 17.2. The van der Waals surface area contributed by atoms with E-state index in [1.165, 1.54) is 23.1 Å². The Balaban J connectivity index is 1.96. The maximum Gasteiger partial charge on any atom is 0.0406 e. The molecule has 0 spiro atoms. The highest BCUT2D eigenvalue weighted by Crippen LogP contribution is 2.45. The molecule has 2 heteroatoms. The van der Waals surface area contributed by atoms with Crippen molar-refractivity contribution in [2.24, 2.45) is 0 Å². The van der Waals surface area contributed by atoms with Crippen molar-refractivity contribution in [3.05, 3.63) is 70.2 Å². The van der Waals surface area contributed by atoms with Crippen LogP contribution in [0.2, 0.25) is 5.02 Å². The molecule has 0 radical (unpaired) electrons. The molecule has 2 aromatic rings. The molecule has 0 saturated carbocycles. The highest BCUT2D eigenvalue weighted by molar-refractivity contribution is 6.30. The van der Waals surface area contributed by atoms with Crippen molar-refractivity contribution in [3.8, 4) is 0 Å². The first kappa shape index (κ1) is 13.7. The Morgan fingerprint density at radius 2 is 1.65 bits per heavy atom. The summed E-state index contributed by atoms with van der Waals surface area (Å²) < 4.78 is 0. The van der Waals surface area contributed by atoms with Crippen molar-refractivity contribution in [1.82, 2.24) is 4.90 Å². The van der Waals surface area contributed by atoms with Crippen LogP contribution in [0.1, 0.15) is 34.9 Å². The van der Waals surface area contributed by atoms with Crippen molar-refractivity contribution in [1.29, 1.82) is 0 Å². The number of hydrogen-bond acceptors (Lipinski definition) is 1. The average molecular weight is 286 g/mol. The van der Waals surface area contributed by atoms with E-state index in [1.807, 2.05) is 12.1 Å². The number of likely N-dealkylation sites (N-methyl/N-ethyl adjacent to an activating group) is 1. The van der Waals surface area contributed by atoms with Crippen LogP contribution >= 0.6 is 11.6 Å². The van der Waals surface area contributed by atoms with E-state index >= 15 is 0 Å². The normalized spacial score (nSPS) is 21.2. The number of nitrogens with zero attached hydrogens (tertiary/aromatic N) is 1. The van der Waals surface area contributed by atoms with Gasteiger partial charge in [-0.3, -0.25) is 0 Å². The molecule has 104 valence electrons. The van der Waals surface area contributed by atoms with Gasteiger partial charge in [0, 0.05) is 17.5 Å². The molecule has 0 aliphatic heterocycles. The van der Waals surface area contributed by atoms with Gasteiger partial charge in [-0.2, -0.15) is 0 Å². The molecular formula is C18H20ClN. The van der Waals surface area contributed by atoms with E-state index in [1.54, 1.807) is 0 Å². The van der Waals surface area contributed by atoms with Gasteiger partial charge in [-0.05, 0) is 55.3 Å². The van der Waals surface area contributed by atoms with E-state index < -0.39 is 0 Å². The lowest BCUT2D eigenvalue weighted by Gasteiger charge is -2.17. The third-order valence-corrected chi connectivity index (χ3v) is 4.44. The quantitative estimate of drug-likeness (QED) is 0.801. The van der Waals surface area contributed by atoms with Gasteiger partial charge in [-0.15, -0.1) is 0 Å². The van der Waals surface area contributed by atoms with Gasteiger partial charge >= 0.3 is 0 Å². The van der Waals surface area contributed by atoms with Crippen LogP contribution in [0.15, 0.2) is 48.5 Å². The highest BCUT2D eigenvalue weighted by Gasteiger charge is 2.31. The van der Waals surface area contributed by atoms with Crippen molar-refractivity contribution in [3.63, 3.8) is 0 Å². The number of benzene rings is 2. The Labute approximate surface area is 126 Å². The van der Waals surface area contributed by atoms with E-state index in [2.05, 4.69) is 55.4 Å². The molecule has 1 nitrogen and oxygen atoms in total. The van der Waals surface area contributed by atoms with Crippen LogP contribution in [0.5, 0.6) is 0 Å². The molecular weight excluding hydrogens is 266 g/mol. The number of halogens is 1. The smallest absolute Gasteiger partial charge is 0.0406 e. The second kappa shape index (κ2) is 5.59. The van der Waals surface area contributed by atoms with E-state index in [9.17, 15) is 0 Å². The van der Waals surface area contributed by atoms with E-state index in [4.69, 9.17) is 11.6 Å². The van der Waals surface area contributed by atoms with Crippen molar-refractivity contribution in [2.75, 3.05) is 20.6 Å². The number of fused-ring (bicyclic) bond motifs is 1. The van der Waals surface area contributed by atoms with Crippen LogP contribution in [0.25, 0.3) is 0 Å². The zero-order valence-corrected chi connectivity index (χ0v) is 12.8. The van der Waals surface area contributed by atoms with Crippen molar-refractivity contribution in [2.45, 2.75) is 18.3 Å². The monoisotopic (exact) mass is 285 g/mol. The van der Waals surface area contributed by atoms with Gasteiger partial charge in [0.1, 0.15) is 0 Å². The minimum Gasteiger partial charge on any atom is -0.309 e. The van der Waals surface area contributed by atoms with Crippen LogP contribution in [-0.4, -0.2) is 25.5 Å². The molecule has 0 aromatic heterocycles. The zero-order valence-electron chi connectivity index (χ0n) is 12.0. The zero-order chi connectivity index (χ0) is 14.1. The van der Waals surface area contributed by atoms with Crippen LogP contribution in [0.3, 0.4) is 0 Å². The minimum atomic E-state index is 0.508. The molecule has 0 fully saturated rings. The molecule has 0 amide bonds. The predicted octanol–water partition coefficient (Wildman–Crippen LogP) is 4.52. The third-order valence-electron chi connectivity index (χ3n) is 4.19. The third kappa shape index (κ3) is 2.61. The molecule has 1 aliphatic rings. The summed E-state index contributed by atoms with van der Waals surface area (Å²) in [4.78, 5) is 2.28. The molecule has 0 unspecified atom stereocenters. The second-order valence-electron chi connectivity index (χ2n) is 5.93. The Morgan fingerprint density at radius 3 is 2.30 bits per heavy atom. The van der Waals surface area contributed by atoms with Crippen LogP contribution in [-0.2, 0) is 0 Å². The Kier molecular flexibility index (Phi) is 3.82. The molecule has 0 heterocycles. The number of hydrogen-bond donors (Lipinski definition) is 0. The molecule has 0 saturated heterocycles. The highest BCUT2D eigenvalue weighted by atomic mass is 35.5. The minimum absolute atomic E-state index is 0.508. The van der Waals surface area contributed by atoms with Gasteiger partial charge in [0.15, 0.2) is 0 Å². The molecule has 0 N–H and O–H groups in total. The standard InChI is InChI=1S/C18H20ClN/c1-20(2)12-14-11-18(13-7-9-15(19)10-8-13)17-6-4-3-5-16(14)17/h3-10,14,18H,11-12H2,1-2H3/t14-,18-/m0/s1. The van der Waals surface area contributed by atoms with E-state index in [0.717, 1.165) is 11.6 Å². The Hall–Kier alpha value is -1.31. The van der Waals surface area contributed by atoms with Gasteiger partial charge in [0.25, 0.3) is 0 Å². The lowest BCUT2D eigenvalue weighted by Crippen LogP contribution is -2.19. The fraction of sp³-hybridized carbons (Fsp3) is 0.333. The van der Waals surface area contributed by atoms with Gasteiger partial charge in [-0.25, -0.2) is 0 Å². The topological polar surface area (TPSA) is 3.24 Å². The lowest BCUT2D eigenvalue weighted by atomic mass is 9.93. The largest absolute Gasteiger partial charge is 0.309 e. The summed E-state index contributed by atoms with van der Waals surface area (Å²) >= 11 is 6.01. The molecule has 1 aliphatic carbocycles. The fourth-order valence-electron chi connectivity index (χ4n) is 3.36. The van der Waals surface area contributed by atoms with E-state index in [-0.39, 0.29) is 0 Å². The average Bonchev–Trinajstić information content (AvgIpc) is 2.78. The Morgan fingerprint density at radius 1 is 1.00 bits per heavy atom. The SMILES string of the molecule is CN(C)C[C@@H]1C[C@@H](c2ccc(Cl)cc2)c2ccccc21. The first-order valence-corrected chi connectivity index (χ1v) is 7.52.